The molecule has 0 aliphatic heterocycles. The third kappa shape index (κ3) is 2.95. The third-order valence-electron chi connectivity index (χ3n) is 3.51. The van der Waals surface area contributed by atoms with E-state index in [1.807, 2.05) is 0 Å². The van der Waals surface area contributed by atoms with Crippen LogP contribution in [0.4, 0.5) is 5.82 Å². The number of hydrogen-bond donors (Lipinski definition) is 1. The van der Waals surface area contributed by atoms with E-state index in [2.05, 4.69) is 20.5 Å². The lowest BCUT2D eigenvalue weighted by molar-refractivity contribution is 0.431. The summed E-state index contributed by atoms with van der Waals surface area (Å²) in [6, 6.07) is 14.1. The summed E-state index contributed by atoms with van der Waals surface area (Å²) in [5, 5.41) is 13.3. The Morgan fingerprint density at radius 3 is 2.24 bits per heavy atom. The normalized spacial score (nSPS) is 11.0. The van der Waals surface area contributed by atoms with Crippen LogP contribution in [0.25, 0.3) is 28.7 Å². The van der Waals surface area contributed by atoms with Gasteiger partial charge in [0.2, 0.25) is 5.82 Å². The molecule has 2 N–H and O–H groups in total. The average molecular weight is 373 g/mol. The molecule has 2 aromatic heterocycles. The molecule has 0 amide bonds. The number of benzene rings is 2. The van der Waals surface area contributed by atoms with Crippen molar-refractivity contribution in [3.05, 3.63) is 58.6 Å². The van der Waals surface area contributed by atoms with Crippen LogP contribution in [0.15, 0.2) is 53.1 Å². The van der Waals surface area contributed by atoms with Crippen LogP contribution in [-0.2, 0) is 0 Å². The van der Waals surface area contributed by atoms with E-state index < -0.39 is 0 Å². The molecule has 4 aromatic rings. The molecule has 9 heteroatoms. The maximum atomic E-state index is 6.13. The van der Waals surface area contributed by atoms with E-state index in [9.17, 15) is 0 Å². The monoisotopic (exact) mass is 372 g/mol. The standard InChI is InChI=1S/C16H10Cl2N6O/c17-10-3-1-9(2-4-10)15-20-16(25-22-15)13-14(19)24(23-21-13)12-7-5-11(18)6-8-12/h1-8H,19H2. The summed E-state index contributed by atoms with van der Waals surface area (Å²) in [4.78, 5) is 4.32. The highest BCUT2D eigenvalue weighted by atomic mass is 35.5. The first-order valence-corrected chi connectivity index (χ1v) is 7.94. The number of nitrogen functional groups attached to an aromatic ring is 1. The summed E-state index contributed by atoms with van der Waals surface area (Å²) >= 11 is 11.8. The molecule has 0 aliphatic rings. The predicted molar refractivity (Wildman–Crippen MR) is 94.5 cm³/mol. The molecule has 2 aromatic carbocycles. The molecule has 0 fully saturated rings. The molecule has 0 saturated carbocycles. The highest BCUT2D eigenvalue weighted by Gasteiger charge is 2.19. The molecule has 0 saturated heterocycles. The number of nitrogens with zero attached hydrogens (tertiary/aromatic N) is 5. The second-order valence-electron chi connectivity index (χ2n) is 5.14. The van der Waals surface area contributed by atoms with E-state index in [0.29, 0.717) is 21.6 Å². The summed E-state index contributed by atoms with van der Waals surface area (Å²) in [5.74, 6) is 0.878. The summed E-state index contributed by atoms with van der Waals surface area (Å²) in [6.45, 7) is 0. The van der Waals surface area contributed by atoms with Crippen LogP contribution in [0.1, 0.15) is 0 Å². The van der Waals surface area contributed by atoms with Crippen molar-refractivity contribution in [1.82, 2.24) is 25.1 Å². The molecule has 0 bridgehead atoms. The van der Waals surface area contributed by atoms with Gasteiger partial charge >= 0.3 is 0 Å². The van der Waals surface area contributed by atoms with Crippen LogP contribution in [0.3, 0.4) is 0 Å². The van der Waals surface area contributed by atoms with E-state index in [0.717, 1.165) is 11.3 Å². The van der Waals surface area contributed by atoms with Crippen molar-refractivity contribution >= 4 is 29.0 Å². The van der Waals surface area contributed by atoms with Crippen LogP contribution >= 0.6 is 23.2 Å². The van der Waals surface area contributed by atoms with Gasteiger partial charge < -0.3 is 10.3 Å². The second-order valence-corrected chi connectivity index (χ2v) is 6.01. The van der Waals surface area contributed by atoms with Crippen LogP contribution in [0.5, 0.6) is 0 Å². The SMILES string of the molecule is Nc1c(-c2nc(-c3ccc(Cl)cc3)no2)nnn1-c1ccc(Cl)cc1. The van der Waals surface area contributed by atoms with Gasteiger partial charge in [0.05, 0.1) is 5.69 Å². The molecule has 7 nitrogen and oxygen atoms in total. The van der Waals surface area contributed by atoms with Crippen LogP contribution in [0, 0.1) is 0 Å². The fourth-order valence-electron chi connectivity index (χ4n) is 2.25. The van der Waals surface area contributed by atoms with Crippen molar-refractivity contribution in [2.24, 2.45) is 0 Å². The van der Waals surface area contributed by atoms with E-state index in [-0.39, 0.29) is 11.7 Å². The van der Waals surface area contributed by atoms with Gasteiger partial charge in [-0.2, -0.15) is 9.67 Å². The fourth-order valence-corrected chi connectivity index (χ4v) is 2.50. The number of hydrogen-bond acceptors (Lipinski definition) is 6. The first-order chi connectivity index (χ1) is 12.1. The van der Waals surface area contributed by atoms with E-state index in [1.165, 1.54) is 4.68 Å². The Bertz CT molecular complexity index is 1020. The largest absolute Gasteiger partial charge is 0.382 e. The first-order valence-electron chi connectivity index (χ1n) is 7.19. The Hall–Kier alpha value is -2.90. The van der Waals surface area contributed by atoms with Crippen LogP contribution in [0.2, 0.25) is 10.0 Å². The molecular formula is C16H10Cl2N6O. The number of rotatable bonds is 3. The number of nitrogens with two attached hydrogens (primary N) is 1. The Balaban J connectivity index is 1.69. The van der Waals surface area contributed by atoms with Crippen molar-refractivity contribution in [3.8, 4) is 28.7 Å². The smallest absolute Gasteiger partial charge is 0.282 e. The Labute approximate surface area is 152 Å². The van der Waals surface area contributed by atoms with Gasteiger partial charge in [0, 0.05) is 15.6 Å². The molecule has 124 valence electrons. The molecule has 0 aliphatic carbocycles. The molecule has 25 heavy (non-hydrogen) atoms. The minimum atomic E-state index is 0.183. The summed E-state index contributed by atoms with van der Waals surface area (Å²) < 4.78 is 6.74. The highest BCUT2D eigenvalue weighted by Crippen LogP contribution is 2.27. The molecule has 0 spiro atoms. The van der Waals surface area contributed by atoms with Gasteiger partial charge in [-0.3, -0.25) is 0 Å². The van der Waals surface area contributed by atoms with Gasteiger partial charge in [-0.15, -0.1) is 5.10 Å². The van der Waals surface area contributed by atoms with Crippen molar-refractivity contribution in [1.29, 1.82) is 0 Å². The quantitative estimate of drug-likeness (QED) is 0.586. The fraction of sp³-hybridized carbons (Fsp3) is 0. The zero-order valence-corrected chi connectivity index (χ0v) is 14.1. The van der Waals surface area contributed by atoms with Gasteiger partial charge in [-0.1, -0.05) is 33.6 Å². The summed E-state index contributed by atoms with van der Waals surface area (Å²) in [6.07, 6.45) is 0. The van der Waals surface area contributed by atoms with Gasteiger partial charge in [0.25, 0.3) is 5.89 Å². The Morgan fingerprint density at radius 2 is 1.56 bits per heavy atom. The Morgan fingerprint density at radius 1 is 0.920 bits per heavy atom. The molecule has 4 rings (SSSR count). The third-order valence-corrected chi connectivity index (χ3v) is 4.01. The minimum absolute atomic E-state index is 0.183. The van der Waals surface area contributed by atoms with Crippen molar-refractivity contribution in [2.45, 2.75) is 0 Å². The molecule has 2 heterocycles. The Kier molecular flexibility index (Phi) is 3.87. The van der Waals surface area contributed by atoms with Gasteiger partial charge in [-0.05, 0) is 48.5 Å². The van der Waals surface area contributed by atoms with E-state index >= 15 is 0 Å². The van der Waals surface area contributed by atoms with Crippen LogP contribution in [-0.4, -0.2) is 25.1 Å². The zero-order chi connectivity index (χ0) is 17.4. The second kappa shape index (κ2) is 6.19. The average Bonchev–Trinajstić information content (AvgIpc) is 3.23. The first kappa shape index (κ1) is 15.6. The van der Waals surface area contributed by atoms with Gasteiger partial charge in [0.15, 0.2) is 11.5 Å². The summed E-state index contributed by atoms with van der Waals surface area (Å²) in [7, 11) is 0. The maximum Gasteiger partial charge on any atom is 0.282 e. The number of aromatic nitrogens is 5. The van der Waals surface area contributed by atoms with E-state index in [4.69, 9.17) is 33.5 Å². The number of anilines is 1. The van der Waals surface area contributed by atoms with Crippen molar-refractivity contribution in [3.63, 3.8) is 0 Å². The molecule has 0 unspecified atom stereocenters. The summed E-state index contributed by atoms with van der Waals surface area (Å²) in [5.41, 5.74) is 7.93. The van der Waals surface area contributed by atoms with Crippen molar-refractivity contribution < 1.29 is 4.52 Å². The van der Waals surface area contributed by atoms with Gasteiger partial charge in [0.1, 0.15) is 0 Å². The lowest BCUT2D eigenvalue weighted by atomic mass is 10.2. The van der Waals surface area contributed by atoms with Crippen LogP contribution < -0.4 is 5.73 Å². The minimum Gasteiger partial charge on any atom is -0.382 e. The highest BCUT2D eigenvalue weighted by molar-refractivity contribution is 6.30. The predicted octanol–water partition coefficient (Wildman–Crippen LogP) is 3.87. The molecule has 0 atom stereocenters. The number of halogens is 2. The van der Waals surface area contributed by atoms with E-state index in [1.54, 1.807) is 48.5 Å². The topological polar surface area (TPSA) is 95.7 Å². The zero-order valence-electron chi connectivity index (χ0n) is 12.6. The maximum absolute atomic E-state index is 6.13. The van der Waals surface area contributed by atoms with Gasteiger partial charge in [-0.25, -0.2) is 0 Å². The molecular weight excluding hydrogens is 363 g/mol. The lowest BCUT2D eigenvalue weighted by Crippen LogP contribution is -2.02. The molecule has 0 radical (unpaired) electrons. The van der Waals surface area contributed by atoms with Crippen molar-refractivity contribution in [2.75, 3.05) is 5.73 Å². The lowest BCUT2D eigenvalue weighted by Gasteiger charge is -2.02.